The van der Waals surface area contributed by atoms with E-state index in [0.717, 1.165) is 12.0 Å². The number of carbonyl (C=O) groups excluding carboxylic acids is 1. The van der Waals surface area contributed by atoms with Crippen LogP contribution in [0.25, 0.3) is 0 Å². The number of aldehydes is 1. The van der Waals surface area contributed by atoms with Crippen LogP contribution >= 0.6 is 0 Å². The third-order valence-corrected chi connectivity index (χ3v) is 2.46. The van der Waals surface area contributed by atoms with Crippen LogP contribution in [0.15, 0.2) is 6.20 Å². The van der Waals surface area contributed by atoms with Crippen molar-refractivity contribution in [2.24, 2.45) is 0 Å². The number of aromatic nitrogens is 3. The van der Waals surface area contributed by atoms with Crippen LogP contribution in [0.4, 0.5) is 0 Å². The van der Waals surface area contributed by atoms with Gasteiger partial charge in [-0.25, -0.2) is 4.68 Å². The van der Waals surface area contributed by atoms with Gasteiger partial charge in [0.15, 0.2) is 0 Å². The Bertz CT molecular complexity index is 368. The maximum absolute atomic E-state index is 10.0. The monoisotopic (exact) mass is 285 g/mol. The molecule has 0 saturated heterocycles. The first-order valence-electron chi connectivity index (χ1n) is 6.81. The molecule has 1 aromatic heterocycles. The van der Waals surface area contributed by atoms with Crippen LogP contribution in [0.5, 0.6) is 0 Å². The molecular weight excluding hydrogens is 262 g/mol. The predicted octanol–water partition coefficient (Wildman–Crippen LogP) is 0.998. The predicted molar refractivity (Wildman–Crippen MR) is 72.4 cm³/mol. The first-order chi connectivity index (χ1) is 9.74. The van der Waals surface area contributed by atoms with E-state index in [1.54, 1.807) is 4.68 Å². The van der Waals surface area contributed by atoms with Gasteiger partial charge in [0.1, 0.15) is 12.0 Å². The van der Waals surface area contributed by atoms with E-state index in [1.807, 2.05) is 20.0 Å². The molecule has 0 aliphatic rings. The average molecular weight is 285 g/mol. The molecule has 0 atom stereocenters. The maximum atomic E-state index is 10.0. The second kappa shape index (κ2) is 10.5. The smallest absolute Gasteiger partial charge is 0.122 e. The van der Waals surface area contributed by atoms with Crippen LogP contribution in [0.3, 0.4) is 0 Å². The van der Waals surface area contributed by atoms with Crippen LogP contribution in [0, 0.1) is 0 Å². The lowest BCUT2D eigenvalue weighted by Gasteiger charge is -2.05. The molecule has 0 aliphatic carbocycles. The van der Waals surface area contributed by atoms with Crippen molar-refractivity contribution in [2.75, 3.05) is 33.0 Å². The average Bonchev–Trinajstić information content (AvgIpc) is 2.90. The van der Waals surface area contributed by atoms with Gasteiger partial charge in [-0.15, -0.1) is 5.10 Å². The van der Waals surface area contributed by atoms with Crippen molar-refractivity contribution < 1.29 is 19.0 Å². The number of rotatable bonds is 12. The summed E-state index contributed by atoms with van der Waals surface area (Å²) in [4.78, 5) is 10.0. The number of nitrogens with zero attached hydrogens (tertiary/aromatic N) is 3. The minimum Gasteiger partial charge on any atom is -0.379 e. The highest BCUT2D eigenvalue weighted by atomic mass is 16.5. The molecule has 114 valence electrons. The molecule has 0 N–H and O–H groups in total. The van der Waals surface area contributed by atoms with E-state index in [9.17, 15) is 4.79 Å². The van der Waals surface area contributed by atoms with E-state index in [2.05, 4.69) is 10.3 Å². The van der Waals surface area contributed by atoms with Crippen LogP contribution in [-0.2, 0) is 25.6 Å². The Labute approximate surface area is 119 Å². The molecule has 1 heterocycles. The molecule has 0 fully saturated rings. The highest BCUT2D eigenvalue weighted by molar-refractivity contribution is 5.49. The summed E-state index contributed by atoms with van der Waals surface area (Å²) >= 11 is 0. The van der Waals surface area contributed by atoms with E-state index in [-0.39, 0.29) is 0 Å². The fourth-order valence-electron chi connectivity index (χ4n) is 1.38. The Morgan fingerprint density at radius 2 is 1.80 bits per heavy atom. The van der Waals surface area contributed by atoms with Crippen molar-refractivity contribution in [1.29, 1.82) is 0 Å². The molecule has 20 heavy (non-hydrogen) atoms. The fraction of sp³-hybridized carbons (Fsp3) is 0.769. The summed E-state index contributed by atoms with van der Waals surface area (Å²) in [6.45, 7) is 7.00. The Morgan fingerprint density at radius 3 is 2.40 bits per heavy atom. The van der Waals surface area contributed by atoms with Crippen molar-refractivity contribution in [3.63, 3.8) is 0 Å². The molecular formula is C13H23N3O4. The van der Waals surface area contributed by atoms with Gasteiger partial charge >= 0.3 is 0 Å². The zero-order valence-corrected chi connectivity index (χ0v) is 12.2. The van der Waals surface area contributed by atoms with Crippen molar-refractivity contribution in [3.8, 4) is 0 Å². The van der Waals surface area contributed by atoms with E-state index in [4.69, 9.17) is 14.2 Å². The summed E-state index contributed by atoms with van der Waals surface area (Å²) in [6.07, 6.45) is 3.15. The molecule has 0 radical (unpaired) electrons. The molecule has 0 amide bonds. The van der Waals surface area contributed by atoms with E-state index in [0.29, 0.717) is 52.1 Å². The van der Waals surface area contributed by atoms with Crippen LogP contribution < -0.4 is 0 Å². The lowest BCUT2D eigenvalue weighted by Crippen LogP contribution is -2.10. The van der Waals surface area contributed by atoms with Crippen LogP contribution in [0.1, 0.15) is 32.0 Å². The summed E-state index contributed by atoms with van der Waals surface area (Å²) in [7, 11) is 0. The molecule has 0 saturated carbocycles. The minimum absolute atomic E-state index is 0.304. The van der Waals surface area contributed by atoms with Gasteiger partial charge in [-0.1, -0.05) is 5.21 Å². The van der Waals surface area contributed by atoms with Gasteiger partial charge in [-0.3, -0.25) is 0 Å². The summed E-state index contributed by atoms with van der Waals surface area (Å²) in [5, 5.41) is 8.01. The topological polar surface area (TPSA) is 75.5 Å². The van der Waals surface area contributed by atoms with Gasteiger partial charge in [0, 0.05) is 12.5 Å². The lowest BCUT2D eigenvalue weighted by atomic mass is 10.4. The van der Waals surface area contributed by atoms with Gasteiger partial charge in [0.2, 0.25) is 0 Å². The van der Waals surface area contributed by atoms with E-state index < -0.39 is 0 Å². The molecule has 0 spiro atoms. The lowest BCUT2D eigenvalue weighted by molar-refractivity contribution is -0.108. The molecule has 1 rings (SSSR count). The maximum Gasteiger partial charge on any atom is 0.122 e. The van der Waals surface area contributed by atoms with Gasteiger partial charge in [0.05, 0.1) is 45.8 Å². The first kappa shape index (κ1) is 16.7. The summed E-state index contributed by atoms with van der Waals surface area (Å²) < 4.78 is 17.7. The van der Waals surface area contributed by atoms with Gasteiger partial charge in [-0.05, 0) is 13.8 Å². The van der Waals surface area contributed by atoms with Gasteiger partial charge in [0.25, 0.3) is 0 Å². The summed E-state index contributed by atoms with van der Waals surface area (Å²) in [5.41, 5.74) is 0.816. The second-order valence-electron chi connectivity index (χ2n) is 4.52. The van der Waals surface area contributed by atoms with E-state index >= 15 is 0 Å². The molecule has 7 heteroatoms. The number of carbonyl (C=O) groups is 1. The SMILES string of the molecule is CC(C)n1cc(COCCOCCOCCC=O)nn1. The Balaban J connectivity index is 1.92. The minimum atomic E-state index is 0.304. The molecule has 0 unspecified atom stereocenters. The van der Waals surface area contributed by atoms with Gasteiger partial charge < -0.3 is 19.0 Å². The Morgan fingerprint density at radius 1 is 1.15 bits per heavy atom. The van der Waals surface area contributed by atoms with Crippen LogP contribution in [0.2, 0.25) is 0 Å². The quantitative estimate of drug-likeness (QED) is 0.421. The normalized spacial score (nSPS) is 11.2. The third kappa shape index (κ3) is 7.32. The highest BCUT2D eigenvalue weighted by Crippen LogP contribution is 2.03. The van der Waals surface area contributed by atoms with Crippen LogP contribution in [-0.4, -0.2) is 54.3 Å². The standard InChI is InChI=1S/C13H23N3O4/c1-12(2)16-10-13(14-15-16)11-20-9-8-19-7-6-18-5-3-4-17/h4,10,12H,3,5-9,11H2,1-2H3. The molecule has 0 aliphatic heterocycles. The number of ether oxygens (including phenoxy) is 3. The van der Waals surface area contributed by atoms with Crippen molar-refractivity contribution in [1.82, 2.24) is 15.0 Å². The highest BCUT2D eigenvalue weighted by Gasteiger charge is 2.03. The number of hydrogen-bond donors (Lipinski definition) is 0. The third-order valence-electron chi connectivity index (χ3n) is 2.46. The largest absolute Gasteiger partial charge is 0.379 e. The van der Waals surface area contributed by atoms with E-state index in [1.165, 1.54) is 0 Å². The molecule has 1 aromatic rings. The molecule has 0 bridgehead atoms. The van der Waals surface area contributed by atoms with Gasteiger partial charge in [-0.2, -0.15) is 0 Å². The zero-order chi connectivity index (χ0) is 14.6. The zero-order valence-electron chi connectivity index (χ0n) is 12.2. The first-order valence-corrected chi connectivity index (χ1v) is 6.81. The Kier molecular flexibility index (Phi) is 8.77. The molecule has 7 nitrogen and oxygen atoms in total. The second-order valence-corrected chi connectivity index (χ2v) is 4.52. The van der Waals surface area contributed by atoms with Crippen molar-refractivity contribution in [2.45, 2.75) is 32.9 Å². The number of hydrogen-bond acceptors (Lipinski definition) is 6. The fourth-order valence-corrected chi connectivity index (χ4v) is 1.38. The summed E-state index contributed by atoms with van der Waals surface area (Å²) in [6, 6.07) is 0.304. The van der Waals surface area contributed by atoms with Crippen molar-refractivity contribution >= 4 is 6.29 Å². The Hall–Kier alpha value is -1.31. The summed E-state index contributed by atoms with van der Waals surface area (Å²) in [5.74, 6) is 0. The van der Waals surface area contributed by atoms with Crippen molar-refractivity contribution in [3.05, 3.63) is 11.9 Å². The molecule has 0 aromatic carbocycles.